The highest BCUT2D eigenvalue weighted by Gasteiger charge is 2.29. The van der Waals surface area contributed by atoms with Crippen LogP contribution >= 0.6 is 0 Å². The van der Waals surface area contributed by atoms with Crippen molar-refractivity contribution in [3.8, 4) is 0 Å². The summed E-state index contributed by atoms with van der Waals surface area (Å²) in [4.78, 5) is 10.6. The summed E-state index contributed by atoms with van der Waals surface area (Å²) >= 11 is 0. The van der Waals surface area contributed by atoms with Crippen LogP contribution in [0.5, 0.6) is 0 Å². The van der Waals surface area contributed by atoms with Crippen LogP contribution in [-0.2, 0) is 10.5 Å². The van der Waals surface area contributed by atoms with E-state index >= 15 is 0 Å². The number of nitrogens with two attached hydrogens (primary N) is 1. The zero-order valence-electron chi connectivity index (χ0n) is 9.71. The summed E-state index contributed by atoms with van der Waals surface area (Å²) in [6, 6.07) is 3.05. The van der Waals surface area contributed by atoms with Crippen molar-refractivity contribution >= 4 is 5.97 Å². The first kappa shape index (κ1) is 13.6. The van der Waals surface area contributed by atoms with Gasteiger partial charge in [-0.2, -0.15) is 0 Å². The Morgan fingerprint density at radius 3 is 2.59 bits per heavy atom. The van der Waals surface area contributed by atoms with Gasteiger partial charge in [0.25, 0.3) is 0 Å². The summed E-state index contributed by atoms with van der Waals surface area (Å²) in [6.07, 6.45) is -0.369. The van der Waals surface area contributed by atoms with Crippen LogP contribution in [0, 0.1) is 5.82 Å². The molecule has 0 radical (unpaired) electrons. The van der Waals surface area contributed by atoms with E-state index in [9.17, 15) is 13.6 Å². The van der Waals surface area contributed by atoms with Crippen LogP contribution < -0.4 is 5.73 Å². The van der Waals surface area contributed by atoms with Crippen LogP contribution in [0.4, 0.5) is 8.78 Å². The van der Waals surface area contributed by atoms with Crippen LogP contribution in [0.1, 0.15) is 37.4 Å². The average Bonchev–Trinajstić information content (AvgIpc) is 2.14. The highest BCUT2D eigenvalue weighted by atomic mass is 19.1. The molecule has 0 saturated heterocycles. The van der Waals surface area contributed by atoms with Crippen LogP contribution in [0.25, 0.3) is 0 Å². The quantitative estimate of drug-likeness (QED) is 0.854. The lowest BCUT2D eigenvalue weighted by Gasteiger charge is -2.22. The maximum atomic E-state index is 13.9. The van der Waals surface area contributed by atoms with Gasteiger partial charge in [0.15, 0.2) is 0 Å². The van der Waals surface area contributed by atoms with Gasteiger partial charge >= 0.3 is 5.97 Å². The van der Waals surface area contributed by atoms with Crippen LogP contribution in [0.2, 0.25) is 0 Å². The van der Waals surface area contributed by atoms with Crippen molar-refractivity contribution in [1.29, 1.82) is 0 Å². The van der Waals surface area contributed by atoms with Crippen molar-refractivity contribution in [2.75, 3.05) is 0 Å². The Morgan fingerprint density at radius 1 is 1.53 bits per heavy atom. The molecule has 1 atom stereocenters. The molecule has 0 aliphatic heterocycles. The third-order valence-electron chi connectivity index (χ3n) is 2.43. The number of alkyl halides is 1. The molecule has 3 nitrogen and oxygen atoms in total. The second-order valence-electron chi connectivity index (χ2n) is 4.38. The predicted molar refractivity (Wildman–Crippen MR) is 59.7 cm³/mol. The smallest absolute Gasteiger partial charge is 0.305 e. The Bertz CT molecular complexity index is 427. The SMILES string of the molecule is CC(C)(F)c1c(F)cccc1C(N)CC(=O)O. The first-order valence-corrected chi connectivity index (χ1v) is 5.18. The molecule has 3 N–H and O–H groups in total. The summed E-state index contributed by atoms with van der Waals surface area (Å²) in [5.74, 6) is -1.82. The highest BCUT2D eigenvalue weighted by molar-refractivity contribution is 5.68. The van der Waals surface area contributed by atoms with Crippen molar-refractivity contribution in [2.45, 2.75) is 32.0 Å². The van der Waals surface area contributed by atoms with E-state index in [2.05, 4.69) is 0 Å². The van der Waals surface area contributed by atoms with Gasteiger partial charge in [-0.3, -0.25) is 4.79 Å². The van der Waals surface area contributed by atoms with Crippen molar-refractivity contribution in [3.05, 3.63) is 35.1 Å². The standard InChI is InChI=1S/C12H15F2NO2/c1-12(2,14)11-7(4-3-5-8(11)13)9(15)6-10(16)17/h3-5,9H,6,15H2,1-2H3,(H,16,17). The molecule has 0 bridgehead atoms. The number of rotatable bonds is 4. The monoisotopic (exact) mass is 243 g/mol. The summed E-state index contributed by atoms with van der Waals surface area (Å²) in [6.45, 7) is 2.42. The normalized spacial score (nSPS) is 13.5. The van der Waals surface area contributed by atoms with E-state index in [1.807, 2.05) is 0 Å². The molecule has 0 spiro atoms. The minimum absolute atomic E-state index is 0.172. The fraction of sp³-hybridized carbons (Fsp3) is 0.417. The van der Waals surface area contributed by atoms with Crippen molar-refractivity contribution < 1.29 is 18.7 Å². The van der Waals surface area contributed by atoms with Gasteiger partial charge in [0.2, 0.25) is 0 Å². The zero-order valence-corrected chi connectivity index (χ0v) is 9.71. The molecule has 0 fully saturated rings. The number of aliphatic carboxylic acids is 1. The van der Waals surface area contributed by atoms with E-state index in [4.69, 9.17) is 10.8 Å². The van der Waals surface area contributed by atoms with E-state index in [1.165, 1.54) is 26.0 Å². The maximum Gasteiger partial charge on any atom is 0.305 e. The number of carboxylic acid groups (broad SMARTS) is 1. The number of carboxylic acids is 1. The summed E-state index contributed by atoms with van der Waals surface area (Å²) in [5.41, 5.74) is 3.76. The molecule has 1 aromatic rings. The van der Waals surface area contributed by atoms with Gasteiger partial charge in [0, 0.05) is 11.6 Å². The fourth-order valence-corrected chi connectivity index (χ4v) is 1.78. The lowest BCUT2D eigenvalue weighted by molar-refractivity contribution is -0.137. The molecule has 1 aromatic carbocycles. The van der Waals surface area contributed by atoms with E-state index < -0.39 is 23.5 Å². The van der Waals surface area contributed by atoms with Gasteiger partial charge in [-0.15, -0.1) is 0 Å². The number of hydrogen-bond donors (Lipinski definition) is 2. The Balaban J connectivity index is 3.24. The molecule has 0 aliphatic rings. The molecule has 0 aliphatic carbocycles. The minimum Gasteiger partial charge on any atom is -0.481 e. The zero-order chi connectivity index (χ0) is 13.2. The largest absolute Gasteiger partial charge is 0.481 e. The summed E-state index contributed by atoms with van der Waals surface area (Å²) in [5, 5.41) is 8.64. The average molecular weight is 243 g/mol. The molecule has 0 saturated carbocycles. The maximum absolute atomic E-state index is 13.9. The van der Waals surface area contributed by atoms with Crippen molar-refractivity contribution in [2.24, 2.45) is 5.73 Å². The van der Waals surface area contributed by atoms with Gasteiger partial charge in [-0.1, -0.05) is 12.1 Å². The van der Waals surface area contributed by atoms with Gasteiger partial charge in [-0.05, 0) is 25.5 Å². The van der Waals surface area contributed by atoms with Crippen LogP contribution in [-0.4, -0.2) is 11.1 Å². The topological polar surface area (TPSA) is 63.3 Å². The molecule has 94 valence electrons. The van der Waals surface area contributed by atoms with Crippen LogP contribution in [0.15, 0.2) is 18.2 Å². The van der Waals surface area contributed by atoms with Gasteiger partial charge in [0.1, 0.15) is 11.5 Å². The van der Waals surface area contributed by atoms with E-state index in [0.717, 1.165) is 6.07 Å². The molecule has 0 heterocycles. The Labute approximate surface area is 98.2 Å². The first-order chi connectivity index (χ1) is 7.73. The molecular formula is C12H15F2NO2. The van der Waals surface area contributed by atoms with Gasteiger partial charge in [0.05, 0.1) is 6.42 Å². The first-order valence-electron chi connectivity index (χ1n) is 5.18. The van der Waals surface area contributed by atoms with E-state index in [1.54, 1.807) is 0 Å². The number of hydrogen-bond acceptors (Lipinski definition) is 2. The molecule has 17 heavy (non-hydrogen) atoms. The molecule has 0 aromatic heterocycles. The highest BCUT2D eigenvalue weighted by Crippen LogP contribution is 2.33. The van der Waals surface area contributed by atoms with Gasteiger partial charge < -0.3 is 10.8 Å². The number of carbonyl (C=O) groups is 1. The Morgan fingerprint density at radius 2 is 2.12 bits per heavy atom. The third kappa shape index (κ3) is 3.23. The van der Waals surface area contributed by atoms with Gasteiger partial charge in [-0.25, -0.2) is 8.78 Å². The molecule has 0 amide bonds. The Hall–Kier alpha value is -1.49. The third-order valence-corrected chi connectivity index (χ3v) is 2.43. The predicted octanol–water partition coefficient (Wildman–Crippen LogP) is 2.50. The van der Waals surface area contributed by atoms with E-state index in [-0.39, 0.29) is 17.5 Å². The fourth-order valence-electron chi connectivity index (χ4n) is 1.78. The number of benzene rings is 1. The molecule has 1 unspecified atom stereocenters. The van der Waals surface area contributed by atoms with Crippen molar-refractivity contribution in [3.63, 3.8) is 0 Å². The molecule has 5 heteroatoms. The van der Waals surface area contributed by atoms with Crippen molar-refractivity contribution in [1.82, 2.24) is 0 Å². The second-order valence-corrected chi connectivity index (χ2v) is 4.38. The minimum atomic E-state index is -1.91. The van der Waals surface area contributed by atoms with E-state index in [0.29, 0.717) is 0 Å². The molecular weight excluding hydrogens is 228 g/mol. The molecule has 1 rings (SSSR count). The lowest BCUT2D eigenvalue weighted by Crippen LogP contribution is -2.22. The van der Waals surface area contributed by atoms with Crippen LogP contribution in [0.3, 0.4) is 0 Å². The lowest BCUT2D eigenvalue weighted by atomic mass is 9.89. The summed E-state index contributed by atoms with van der Waals surface area (Å²) in [7, 11) is 0. The summed E-state index contributed by atoms with van der Waals surface area (Å²) < 4.78 is 27.5. The Kier molecular flexibility index (Phi) is 3.83. The number of halogens is 2. The second kappa shape index (κ2) is 4.79.